The molecule has 0 radical (unpaired) electrons. The van der Waals surface area contributed by atoms with E-state index >= 15 is 0 Å². The second-order valence-electron chi connectivity index (χ2n) is 10.2. The van der Waals surface area contributed by atoms with Crippen LogP contribution in [0.3, 0.4) is 0 Å². The van der Waals surface area contributed by atoms with Crippen molar-refractivity contribution in [2.24, 2.45) is 5.41 Å². The fourth-order valence-electron chi connectivity index (χ4n) is 5.43. The molecule has 1 saturated heterocycles. The average molecular weight is 490 g/mol. The number of Topliss-reactive ketones (excluding diaryl/α,β-unsaturated/α-hetero) is 1. The van der Waals surface area contributed by atoms with Crippen molar-refractivity contribution in [2.75, 3.05) is 6.61 Å². The summed E-state index contributed by atoms with van der Waals surface area (Å²) in [5.41, 5.74) is 0.298. The van der Waals surface area contributed by atoms with Gasteiger partial charge in [-0.15, -0.1) is 0 Å². The van der Waals surface area contributed by atoms with Gasteiger partial charge in [0.2, 0.25) is 0 Å². The summed E-state index contributed by atoms with van der Waals surface area (Å²) >= 11 is 6.72. The number of hydrogen-bond donors (Lipinski definition) is 1. The summed E-state index contributed by atoms with van der Waals surface area (Å²) < 4.78 is 12.1. The van der Waals surface area contributed by atoms with Gasteiger partial charge < -0.3 is 9.47 Å². The largest absolute Gasteiger partial charge is 0.492 e. The molecular formula is C29H28ClNO4. The fraction of sp³-hybridized carbons (Fsp3) is 0.310. The van der Waals surface area contributed by atoms with E-state index in [1.807, 2.05) is 81.4 Å². The zero-order chi connectivity index (χ0) is 24.8. The molecule has 5 rings (SSSR count). The lowest BCUT2D eigenvalue weighted by atomic mass is 9.62. The quantitative estimate of drug-likeness (QED) is 0.475. The third kappa shape index (κ3) is 4.03. The van der Waals surface area contributed by atoms with Gasteiger partial charge in [0.1, 0.15) is 24.0 Å². The number of esters is 1. The highest BCUT2D eigenvalue weighted by Gasteiger charge is 2.65. The summed E-state index contributed by atoms with van der Waals surface area (Å²) in [5, 5.41) is 3.99. The van der Waals surface area contributed by atoms with Gasteiger partial charge in [-0.2, -0.15) is 0 Å². The summed E-state index contributed by atoms with van der Waals surface area (Å²) in [6, 6.07) is 23.1. The Bertz CT molecular complexity index is 1270. The van der Waals surface area contributed by atoms with Crippen molar-refractivity contribution in [3.8, 4) is 5.75 Å². The fourth-order valence-corrected chi connectivity index (χ4v) is 5.69. The Morgan fingerprint density at radius 1 is 1.00 bits per heavy atom. The molecule has 1 spiro atoms. The number of halogens is 1. The summed E-state index contributed by atoms with van der Waals surface area (Å²) in [7, 11) is 0. The van der Waals surface area contributed by atoms with Gasteiger partial charge in [-0.3, -0.25) is 14.9 Å². The average Bonchev–Trinajstić information content (AvgIpc) is 3.17. The van der Waals surface area contributed by atoms with Gasteiger partial charge in [0.15, 0.2) is 5.78 Å². The van der Waals surface area contributed by atoms with E-state index in [1.165, 1.54) is 0 Å². The summed E-state index contributed by atoms with van der Waals surface area (Å²) in [6.45, 7) is 5.60. The number of benzene rings is 3. The third-order valence-electron chi connectivity index (χ3n) is 6.80. The van der Waals surface area contributed by atoms with Gasteiger partial charge >= 0.3 is 5.97 Å². The van der Waals surface area contributed by atoms with Crippen LogP contribution in [0.1, 0.15) is 54.2 Å². The molecule has 2 heterocycles. The molecule has 0 saturated carbocycles. The van der Waals surface area contributed by atoms with E-state index in [2.05, 4.69) is 5.32 Å². The molecule has 180 valence electrons. The van der Waals surface area contributed by atoms with Gasteiger partial charge in [0.05, 0.1) is 11.0 Å². The Balaban J connectivity index is 1.75. The van der Waals surface area contributed by atoms with Gasteiger partial charge in [-0.05, 0) is 50.1 Å². The monoisotopic (exact) mass is 489 g/mol. The van der Waals surface area contributed by atoms with E-state index in [9.17, 15) is 9.59 Å². The number of nitrogens with one attached hydrogen (secondary N) is 1. The van der Waals surface area contributed by atoms with Crippen molar-refractivity contribution in [3.05, 3.63) is 101 Å². The Labute approximate surface area is 210 Å². The summed E-state index contributed by atoms with van der Waals surface area (Å²) in [6.07, 6.45) is 0. The third-order valence-corrected chi connectivity index (χ3v) is 7.15. The molecule has 2 aliphatic rings. The van der Waals surface area contributed by atoms with Crippen LogP contribution in [0.2, 0.25) is 5.02 Å². The number of rotatable bonds is 3. The van der Waals surface area contributed by atoms with Crippen molar-refractivity contribution in [1.82, 2.24) is 5.32 Å². The molecule has 1 fully saturated rings. The van der Waals surface area contributed by atoms with Gasteiger partial charge in [0, 0.05) is 17.0 Å². The van der Waals surface area contributed by atoms with E-state index in [1.54, 1.807) is 18.2 Å². The van der Waals surface area contributed by atoms with E-state index in [0.717, 1.165) is 5.56 Å². The van der Waals surface area contributed by atoms with Crippen LogP contribution in [-0.2, 0) is 9.53 Å². The highest BCUT2D eigenvalue weighted by Crippen LogP contribution is 2.58. The van der Waals surface area contributed by atoms with Crippen molar-refractivity contribution < 1.29 is 19.1 Å². The Morgan fingerprint density at radius 2 is 1.66 bits per heavy atom. The van der Waals surface area contributed by atoms with Crippen LogP contribution in [0.5, 0.6) is 5.75 Å². The minimum Gasteiger partial charge on any atom is -0.492 e. The number of carbonyl (C=O) groups excluding carboxylic acids is 2. The molecule has 0 bridgehead atoms. The van der Waals surface area contributed by atoms with Crippen molar-refractivity contribution >= 4 is 23.4 Å². The predicted octanol–water partition coefficient (Wildman–Crippen LogP) is 5.74. The highest BCUT2D eigenvalue weighted by atomic mass is 35.5. The standard InChI is InChI=1S/C29H28ClNO4/c1-28(2,3)35-27(33)24-23(19-13-7-9-15-21(19)30)29(25(31-24)18-11-5-4-6-12-18)17-34-22-16-10-8-14-20(22)26(29)32/h4-16,23-25,31H,17H2,1-3H3/t23-,24+,25+,29+/m1/s1. The zero-order valence-electron chi connectivity index (χ0n) is 20.0. The van der Waals surface area contributed by atoms with E-state index in [-0.39, 0.29) is 12.4 Å². The van der Waals surface area contributed by atoms with Crippen LogP contribution in [0.15, 0.2) is 78.9 Å². The van der Waals surface area contributed by atoms with Crippen LogP contribution in [-0.4, -0.2) is 30.0 Å². The normalized spacial score (nSPS) is 25.7. The minimum atomic E-state index is -1.12. The molecule has 0 aliphatic carbocycles. The molecule has 2 aliphatic heterocycles. The maximum Gasteiger partial charge on any atom is 0.324 e. The second-order valence-corrected chi connectivity index (χ2v) is 10.6. The molecule has 3 aromatic carbocycles. The number of ketones is 1. The molecule has 0 amide bonds. The first-order valence-corrected chi connectivity index (χ1v) is 12.1. The first kappa shape index (κ1) is 23.6. The Hall–Kier alpha value is -3.15. The smallest absolute Gasteiger partial charge is 0.324 e. The highest BCUT2D eigenvalue weighted by molar-refractivity contribution is 6.31. The summed E-state index contributed by atoms with van der Waals surface area (Å²) in [5.74, 6) is -0.561. The number of fused-ring (bicyclic) bond motifs is 1. The second kappa shape index (κ2) is 8.81. The van der Waals surface area contributed by atoms with Crippen molar-refractivity contribution in [1.29, 1.82) is 0 Å². The molecule has 0 aromatic heterocycles. The Morgan fingerprint density at radius 3 is 2.37 bits per heavy atom. The topological polar surface area (TPSA) is 64.6 Å². The first-order chi connectivity index (χ1) is 16.7. The molecule has 4 atom stereocenters. The molecule has 6 heteroatoms. The van der Waals surface area contributed by atoms with Crippen LogP contribution < -0.4 is 10.1 Å². The van der Waals surface area contributed by atoms with Crippen LogP contribution in [0.4, 0.5) is 0 Å². The van der Waals surface area contributed by atoms with Gasteiger partial charge in [0.25, 0.3) is 0 Å². The van der Waals surface area contributed by atoms with Crippen LogP contribution in [0.25, 0.3) is 0 Å². The predicted molar refractivity (Wildman–Crippen MR) is 135 cm³/mol. The minimum absolute atomic E-state index is 0.0725. The lowest BCUT2D eigenvalue weighted by molar-refractivity contribution is -0.157. The first-order valence-electron chi connectivity index (χ1n) is 11.8. The lowest BCUT2D eigenvalue weighted by Crippen LogP contribution is -2.48. The number of hydrogen-bond acceptors (Lipinski definition) is 5. The van der Waals surface area contributed by atoms with Gasteiger partial charge in [-0.25, -0.2) is 0 Å². The molecular weight excluding hydrogens is 462 g/mol. The van der Waals surface area contributed by atoms with E-state index < -0.39 is 35.0 Å². The van der Waals surface area contributed by atoms with E-state index in [4.69, 9.17) is 21.1 Å². The SMILES string of the molecule is CC(C)(C)OC(=O)[C@H]1N[C@@H](c2ccccc2)[C@]2(COc3ccccc3C2=O)[C@@H]1c1ccccc1Cl. The van der Waals surface area contributed by atoms with Gasteiger partial charge in [-0.1, -0.05) is 72.3 Å². The molecule has 5 nitrogen and oxygen atoms in total. The van der Waals surface area contributed by atoms with Crippen LogP contribution >= 0.6 is 11.6 Å². The summed E-state index contributed by atoms with van der Waals surface area (Å²) in [4.78, 5) is 28.1. The lowest BCUT2D eigenvalue weighted by Gasteiger charge is -2.42. The number of para-hydroxylation sites is 1. The van der Waals surface area contributed by atoms with Crippen molar-refractivity contribution in [2.45, 2.75) is 44.4 Å². The van der Waals surface area contributed by atoms with Crippen molar-refractivity contribution in [3.63, 3.8) is 0 Å². The number of ether oxygens (including phenoxy) is 2. The van der Waals surface area contributed by atoms with Crippen LogP contribution in [0, 0.1) is 5.41 Å². The molecule has 0 unspecified atom stereocenters. The maximum atomic E-state index is 14.5. The molecule has 3 aromatic rings. The zero-order valence-corrected chi connectivity index (χ0v) is 20.7. The van der Waals surface area contributed by atoms with E-state index in [0.29, 0.717) is 21.9 Å². The number of carbonyl (C=O) groups is 2. The molecule has 1 N–H and O–H groups in total. The molecule has 35 heavy (non-hydrogen) atoms. The maximum absolute atomic E-state index is 14.5. The Kier molecular flexibility index (Phi) is 5.94.